The third kappa shape index (κ3) is 5.05. The quantitative estimate of drug-likeness (QED) is 0.319. The van der Waals surface area contributed by atoms with Gasteiger partial charge in [-0.1, -0.05) is 36.4 Å². The topological polar surface area (TPSA) is 53.5 Å². The van der Waals surface area contributed by atoms with Crippen LogP contribution in [-0.2, 0) is 4.79 Å². The Bertz CT molecular complexity index is 443. The summed E-state index contributed by atoms with van der Waals surface area (Å²) >= 11 is 0. The number of nitrogens with zero attached hydrogens (tertiary/aromatic N) is 2. The zero-order valence-electron chi connectivity index (χ0n) is 9.97. The summed E-state index contributed by atoms with van der Waals surface area (Å²) in [5, 5.41) is 0. The lowest BCUT2D eigenvalue weighted by molar-refractivity contribution is -0.116. The fourth-order valence-electron chi connectivity index (χ4n) is 1.54. The molecule has 3 nitrogen and oxygen atoms in total. The summed E-state index contributed by atoms with van der Waals surface area (Å²) in [5.41, 5.74) is 10.6. The molecule has 3 heteroatoms. The summed E-state index contributed by atoms with van der Waals surface area (Å²) in [4.78, 5) is 13.7. The van der Waals surface area contributed by atoms with Crippen molar-refractivity contribution in [3.63, 3.8) is 0 Å². The van der Waals surface area contributed by atoms with Gasteiger partial charge in [0.15, 0.2) is 0 Å². The predicted octanol–water partition coefficient (Wildman–Crippen LogP) is 3.13. The van der Waals surface area contributed by atoms with Crippen molar-refractivity contribution in [2.24, 2.45) is 0 Å². The maximum Gasteiger partial charge on any atom is 0.323 e. The van der Waals surface area contributed by atoms with Gasteiger partial charge in [0.2, 0.25) is 5.78 Å². The monoisotopic (exact) mass is 228 g/mol. The van der Waals surface area contributed by atoms with E-state index in [1.807, 2.05) is 18.2 Å². The Morgan fingerprint density at radius 2 is 2.06 bits per heavy atom. The van der Waals surface area contributed by atoms with Gasteiger partial charge in [-0.2, -0.15) is 4.79 Å². The fourth-order valence-corrected chi connectivity index (χ4v) is 1.54. The molecule has 0 saturated carbocycles. The molecule has 0 unspecified atom stereocenters. The normalized spacial score (nSPS) is 10.8. The van der Waals surface area contributed by atoms with E-state index in [1.165, 1.54) is 11.1 Å². The van der Waals surface area contributed by atoms with Gasteiger partial charge in [-0.25, -0.2) is 0 Å². The molecule has 88 valence electrons. The van der Waals surface area contributed by atoms with Crippen LogP contribution in [0.1, 0.15) is 31.7 Å². The van der Waals surface area contributed by atoms with Crippen LogP contribution in [0.25, 0.3) is 11.1 Å². The average molecular weight is 228 g/mol. The molecule has 0 N–H and O–H groups in total. The third-order valence-corrected chi connectivity index (χ3v) is 2.51. The molecule has 1 aromatic carbocycles. The zero-order chi connectivity index (χ0) is 12.5. The number of carbonyl (C=O) groups is 1. The third-order valence-electron chi connectivity index (χ3n) is 2.51. The number of unbranched alkanes of at least 4 members (excludes halogenated alkanes) is 1. The second-order valence-corrected chi connectivity index (χ2v) is 3.86. The molecule has 0 amide bonds. The second-order valence-electron chi connectivity index (χ2n) is 3.86. The minimum atomic E-state index is -0.140. The molecule has 0 bridgehead atoms. The Balaban J connectivity index is 2.39. The summed E-state index contributed by atoms with van der Waals surface area (Å²) in [6, 6.07) is 10.1. The smallest absolute Gasteiger partial charge is 0.323 e. The highest BCUT2D eigenvalue weighted by Crippen LogP contribution is 2.14. The van der Waals surface area contributed by atoms with Gasteiger partial charge in [-0.3, -0.25) is 4.79 Å². The van der Waals surface area contributed by atoms with E-state index in [4.69, 9.17) is 5.53 Å². The highest BCUT2D eigenvalue weighted by atomic mass is 16.1. The summed E-state index contributed by atoms with van der Waals surface area (Å²) < 4.78 is 0. The Morgan fingerprint density at radius 1 is 1.35 bits per heavy atom. The maximum absolute atomic E-state index is 11.0. The van der Waals surface area contributed by atoms with Crippen LogP contribution in [0.3, 0.4) is 0 Å². The van der Waals surface area contributed by atoms with E-state index in [2.05, 4.69) is 29.9 Å². The molecule has 0 fully saturated rings. The first-order chi connectivity index (χ1) is 8.24. The van der Waals surface area contributed by atoms with E-state index in [9.17, 15) is 4.79 Å². The molecule has 0 aromatic heterocycles. The van der Waals surface area contributed by atoms with Crippen molar-refractivity contribution < 1.29 is 9.58 Å². The summed E-state index contributed by atoms with van der Waals surface area (Å²) in [5.74, 6) is -0.140. The standard InChI is InChI=1S/C14H16N2O/c1-12(13-8-3-2-4-9-13)7-5-6-10-14(17)11-16-15/h2-4,7-9,11H,5-6,10H2,1H3/b12-7+. The molecule has 0 aliphatic heterocycles. The van der Waals surface area contributed by atoms with Crippen molar-refractivity contribution in [1.82, 2.24) is 0 Å². The van der Waals surface area contributed by atoms with E-state index < -0.39 is 0 Å². The molecule has 17 heavy (non-hydrogen) atoms. The lowest BCUT2D eigenvalue weighted by Crippen LogP contribution is -1.98. The van der Waals surface area contributed by atoms with Gasteiger partial charge in [0.05, 0.1) is 0 Å². The Hall–Kier alpha value is -1.99. The van der Waals surface area contributed by atoms with Crippen LogP contribution in [-0.4, -0.2) is 16.8 Å². The van der Waals surface area contributed by atoms with Crippen LogP contribution in [0.5, 0.6) is 0 Å². The van der Waals surface area contributed by atoms with Gasteiger partial charge >= 0.3 is 6.21 Å². The van der Waals surface area contributed by atoms with Crippen molar-refractivity contribution in [2.75, 3.05) is 0 Å². The van der Waals surface area contributed by atoms with Crippen molar-refractivity contribution in [2.45, 2.75) is 26.2 Å². The summed E-state index contributed by atoms with van der Waals surface area (Å²) in [6.45, 7) is 2.06. The molecule has 0 radical (unpaired) electrons. The molecule has 0 heterocycles. The van der Waals surface area contributed by atoms with Crippen molar-refractivity contribution in [3.8, 4) is 0 Å². The van der Waals surface area contributed by atoms with Gasteiger partial charge in [-0.15, -0.1) is 0 Å². The largest absolute Gasteiger partial charge is 0.361 e. The zero-order valence-corrected chi connectivity index (χ0v) is 9.97. The van der Waals surface area contributed by atoms with Gasteiger partial charge in [0.25, 0.3) is 0 Å². The first-order valence-electron chi connectivity index (χ1n) is 5.66. The molecular formula is C14H16N2O. The molecule has 0 saturated heterocycles. The van der Waals surface area contributed by atoms with E-state index in [0.29, 0.717) is 6.42 Å². The second kappa shape index (κ2) is 7.31. The summed E-state index contributed by atoms with van der Waals surface area (Å²) in [6.07, 6.45) is 5.12. The minimum absolute atomic E-state index is 0.140. The van der Waals surface area contributed by atoms with Crippen molar-refractivity contribution in [1.29, 1.82) is 0 Å². The van der Waals surface area contributed by atoms with Crippen molar-refractivity contribution >= 4 is 17.6 Å². The van der Waals surface area contributed by atoms with Crippen LogP contribution in [0.2, 0.25) is 0 Å². The Labute approximate surface area is 101 Å². The van der Waals surface area contributed by atoms with E-state index >= 15 is 0 Å². The van der Waals surface area contributed by atoms with Crippen LogP contribution in [0.15, 0.2) is 36.4 Å². The lowest BCUT2D eigenvalue weighted by atomic mass is 10.1. The van der Waals surface area contributed by atoms with Crippen LogP contribution >= 0.6 is 0 Å². The average Bonchev–Trinajstić information content (AvgIpc) is 2.36. The van der Waals surface area contributed by atoms with Gasteiger partial charge < -0.3 is 5.53 Å². The van der Waals surface area contributed by atoms with Crippen LogP contribution in [0, 0.1) is 0 Å². The van der Waals surface area contributed by atoms with E-state index in [-0.39, 0.29) is 5.78 Å². The number of ketones is 1. The predicted molar refractivity (Wildman–Crippen MR) is 68.6 cm³/mol. The molecule has 1 rings (SSSR count). The van der Waals surface area contributed by atoms with Crippen molar-refractivity contribution in [3.05, 3.63) is 47.5 Å². The molecule has 0 spiro atoms. The highest BCUT2D eigenvalue weighted by molar-refractivity contribution is 6.25. The molecule has 0 aliphatic rings. The molecule has 0 aliphatic carbocycles. The Morgan fingerprint density at radius 3 is 2.71 bits per heavy atom. The fraction of sp³-hybridized carbons (Fsp3) is 0.286. The van der Waals surface area contributed by atoms with Gasteiger partial charge in [-0.05, 0) is 30.9 Å². The number of carbonyl (C=O) groups excluding carboxylic acids is 1. The minimum Gasteiger partial charge on any atom is -0.361 e. The number of rotatable bonds is 6. The lowest BCUT2D eigenvalue weighted by Gasteiger charge is -2.00. The number of allylic oxidation sites excluding steroid dienone is 2. The number of hydrogen-bond acceptors (Lipinski definition) is 1. The molecule has 0 atom stereocenters. The number of benzene rings is 1. The van der Waals surface area contributed by atoms with Crippen LogP contribution < -0.4 is 0 Å². The van der Waals surface area contributed by atoms with Crippen LogP contribution in [0.4, 0.5) is 0 Å². The number of Topliss-reactive ketones (excluding diaryl/α,β-unsaturated/α-hetero) is 1. The number of hydrogen-bond donors (Lipinski definition) is 0. The van der Waals surface area contributed by atoms with E-state index in [1.54, 1.807) is 0 Å². The molecular weight excluding hydrogens is 212 g/mol. The highest BCUT2D eigenvalue weighted by Gasteiger charge is 2.01. The van der Waals surface area contributed by atoms with Gasteiger partial charge in [0.1, 0.15) is 0 Å². The van der Waals surface area contributed by atoms with Gasteiger partial charge in [0, 0.05) is 6.42 Å². The first kappa shape index (κ1) is 13.1. The summed E-state index contributed by atoms with van der Waals surface area (Å²) in [7, 11) is 0. The SMILES string of the molecule is C/C(=C\CCCC(=O)C=[N+]=[N-])c1ccccc1. The maximum atomic E-state index is 11.0. The first-order valence-corrected chi connectivity index (χ1v) is 5.66. The molecule has 1 aromatic rings. The van der Waals surface area contributed by atoms with E-state index in [0.717, 1.165) is 19.1 Å². The Kier molecular flexibility index (Phi) is 5.62.